The van der Waals surface area contributed by atoms with Gasteiger partial charge in [-0.15, -0.1) is 0 Å². The molecule has 2 rings (SSSR count). The van der Waals surface area contributed by atoms with Gasteiger partial charge in [-0.1, -0.05) is 37.6 Å². The maximum atomic E-state index is 11.8. The van der Waals surface area contributed by atoms with Crippen molar-refractivity contribution >= 4 is 5.91 Å². The highest BCUT2D eigenvalue weighted by Gasteiger charge is 2.22. The van der Waals surface area contributed by atoms with E-state index >= 15 is 0 Å². The monoisotopic (exact) mass is 288 g/mol. The lowest BCUT2D eigenvalue weighted by atomic mass is 10.0. The first kappa shape index (κ1) is 16.0. The van der Waals surface area contributed by atoms with Crippen LogP contribution in [0.1, 0.15) is 43.4 Å². The maximum Gasteiger partial charge on any atom is 0.222 e. The lowest BCUT2D eigenvalue weighted by Gasteiger charge is -2.33. The molecule has 3 nitrogen and oxygen atoms in total. The Morgan fingerprint density at radius 2 is 2.14 bits per heavy atom. The SMILES string of the molecule is Cc1ccc(C)c(CN2CCCC(NC(=O)C(C)C)C2)c1. The van der Waals surface area contributed by atoms with E-state index in [4.69, 9.17) is 0 Å². The van der Waals surface area contributed by atoms with Gasteiger partial charge in [-0.2, -0.15) is 0 Å². The largest absolute Gasteiger partial charge is 0.352 e. The number of aryl methyl sites for hydroxylation is 2. The molecule has 116 valence electrons. The zero-order valence-electron chi connectivity index (χ0n) is 13.8. The normalized spacial score (nSPS) is 19.8. The first-order chi connectivity index (χ1) is 9.95. The molecule has 1 aliphatic heterocycles. The summed E-state index contributed by atoms with van der Waals surface area (Å²) in [5, 5.41) is 3.18. The summed E-state index contributed by atoms with van der Waals surface area (Å²) in [5.74, 6) is 0.244. The Bertz CT molecular complexity index is 496. The zero-order valence-corrected chi connectivity index (χ0v) is 13.8. The predicted molar refractivity (Wildman–Crippen MR) is 87.2 cm³/mol. The highest BCUT2D eigenvalue weighted by Crippen LogP contribution is 2.17. The van der Waals surface area contributed by atoms with E-state index in [1.54, 1.807) is 0 Å². The summed E-state index contributed by atoms with van der Waals surface area (Å²) < 4.78 is 0. The van der Waals surface area contributed by atoms with E-state index in [1.165, 1.54) is 16.7 Å². The summed E-state index contributed by atoms with van der Waals surface area (Å²) in [6, 6.07) is 6.96. The molecule has 1 saturated heterocycles. The van der Waals surface area contributed by atoms with Crippen LogP contribution in [-0.4, -0.2) is 29.9 Å². The number of nitrogens with one attached hydrogen (secondary N) is 1. The molecule has 3 heteroatoms. The van der Waals surface area contributed by atoms with Gasteiger partial charge in [0.2, 0.25) is 5.91 Å². The third-order valence-corrected chi connectivity index (χ3v) is 4.27. The highest BCUT2D eigenvalue weighted by molar-refractivity contribution is 5.78. The molecule has 1 unspecified atom stereocenters. The summed E-state index contributed by atoms with van der Waals surface area (Å²) in [5.41, 5.74) is 4.08. The second kappa shape index (κ2) is 7.08. The second-order valence-corrected chi connectivity index (χ2v) is 6.67. The molecule has 0 aliphatic carbocycles. The highest BCUT2D eigenvalue weighted by atomic mass is 16.1. The fraction of sp³-hybridized carbons (Fsp3) is 0.611. The molecular weight excluding hydrogens is 260 g/mol. The first-order valence-electron chi connectivity index (χ1n) is 8.04. The van der Waals surface area contributed by atoms with Gasteiger partial charge in [-0.05, 0) is 44.4 Å². The molecule has 1 N–H and O–H groups in total. The van der Waals surface area contributed by atoms with E-state index in [0.29, 0.717) is 6.04 Å². The van der Waals surface area contributed by atoms with Crippen LogP contribution < -0.4 is 5.32 Å². The summed E-state index contributed by atoms with van der Waals surface area (Å²) in [6.07, 6.45) is 2.26. The molecular formula is C18H28N2O. The van der Waals surface area contributed by atoms with Gasteiger partial charge in [0.25, 0.3) is 0 Å². The van der Waals surface area contributed by atoms with Gasteiger partial charge in [-0.25, -0.2) is 0 Å². The fourth-order valence-electron chi connectivity index (χ4n) is 2.90. The van der Waals surface area contributed by atoms with E-state index in [9.17, 15) is 4.79 Å². The van der Waals surface area contributed by atoms with Crippen LogP contribution in [0.15, 0.2) is 18.2 Å². The molecule has 21 heavy (non-hydrogen) atoms. The number of carbonyl (C=O) groups is 1. The van der Waals surface area contributed by atoms with Gasteiger partial charge in [0.05, 0.1) is 0 Å². The van der Waals surface area contributed by atoms with Crippen LogP contribution in [0.5, 0.6) is 0 Å². The van der Waals surface area contributed by atoms with Crippen LogP contribution in [0.25, 0.3) is 0 Å². The van der Waals surface area contributed by atoms with Crippen molar-refractivity contribution < 1.29 is 4.79 Å². The Hall–Kier alpha value is -1.35. The number of piperidine rings is 1. The number of benzene rings is 1. The molecule has 1 aromatic rings. The van der Waals surface area contributed by atoms with Gasteiger partial charge in [0.1, 0.15) is 0 Å². The minimum Gasteiger partial charge on any atom is -0.352 e. The number of hydrogen-bond acceptors (Lipinski definition) is 2. The molecule has 0 radical (unpaired) electrons. The van der Waals surface area contributed by atoms with Crippen molar-refractivity contribution in [2.45, 2.75) is 53.1 Å². The number of nitrogens with zero attached hydrogens (tertiary/aromatic N) is 1. The summed E-state index contributed by atoms with van der Waals surface area (Å²) in [7, 11) is 0. The van der Waals surface area contributed by atoms with Gasteiger partial charge in [0, 0.05) is 25.0 Å². The van der Waals surface area contributed by atoms with Crippen molar-refractivity contribution in [3.63, 3.8) is 0 Å². The van der Waals surface area contributed by atoms with Crippen LogP contribution in [-0.2, 0) is 11.3 Å². The van der Waals surface area contributed by atoms with Crippen LogP contribution in [0, 0.1) is 19.8 Å². The maximum absolute atomic E-state index is 11.8. The van der Waals surface area contributed by atoms with Crippen LogP contribution in [0.2, 0.25) is 0 Å². The van der Waals surface area contributed by atoms with Crippen LogP contribution in [0.3, 0.4) is 0 Å². The number of amides is 1. The van der Waals surface area contributed by atoms with E-state index < -0.39 is 0 Å². The van der Waals surface area contributed by atoms with Crippen molar-refractivity contribution in [3.8, 4) is 0 Å². The van der Waals surface area contributed by atoms with Crippen molar-refractivity contribution in [1.82, 2.24) is 10.2 Å². The van der Waals surface area contributed by atoms with Gasteiger partial charge in [0.15, 0.2) is 0 Å². The van der Waals surface area contributed by atoms with Crippen LogP contribution >= 0.6 is 0 Å². The van der Waals surface area contributed by atoms with Crippen molar-refractivity contribution in [2.24, 2.45) is 5.92 Å². The van der Waals surface area contributed by atoms with Crippen molar-refractivity contribution in [2.75, 3.05) is 13.1 Å². The summed E-state index contributed by atoms with van der Waals surface area (Å²) in [6.45, 7) is 11.3. The minimum absolute atomic E-state index is 0.0689. The molecule has 1 heterocycles. The van der Waals surface area contributed by atoms with Gasteiger partial charge in [-0.3, -0.25) is 9.69 Å². The molecule has 1 aliphatic rings. The molecule has 1 atom stereocenters. The molecule has 1 amide bonds. The topological polar surface area (TPSA) is 32.3 Å². The molecule has 0 aromatic heterocycles. The number of hydrogen-bond donors (Lipinski definition) is 1. The lowest BCUT2D eigenvalue weighted by Crippen LogP contribution is -2.48. The van der Waals surface area contributed by atoms with E-state index in [0.717, 1.165) is 32.5 Å². The van der Waals surface area contributed by atoms with E-state index in [-0.39, 0.29) is 11.8 Å². The quantitative estimate of drug-likeness (QED) is 0.923. The average molecular weight is 288 g/mol. The molecule has 1 fully saturated rings. The fourth-order valence-corrected chi connectivity index (χ4v) is 2.90. The third-order valence-electron chi connectivity index (χ3n) is 4.27. The Morgan fingerprint density at radius 1 is 1.38 bits per heavy atom. The molecule has 0 bridgehead atoms. The Balaban J connectivity index is 1.95. The average Bonchev–Trinajstić information content (AvgIpc) is 2.43. The predicted octanol–water partition coefficient (Wildman–Crippen LogP) is 3.04. The van der Waals surface area contributed by atoms with Crippen molar-refractivity contribution in [3.05, 3.63) is 34.9 Å². The molecule has 1 aromatic carbocycles. The number of likely N-dealkylation sites (tertiary alicyclic amines) is 1. The van der Waals surface area contributed by atoms with Gasteiger partial charge >= 0.3 is 0 Å². The standard InChI is InChI=1S/C18H28N2O/c1-13(2)18(21)19-17-6-5-9-20(12-17)11-16-10-14(3)7-8-15(16)4/h7-8,10,13,17H,5-6,9,11-12H2,1-4H3,(H,19,21). The number of rotatable bonds is 4. The lowest BCUT2D eigenvalue weighted by molar-refractivity contribution is -0.125. The first-order valence-corrected chi connectivity index (χ1v) is 8.04. The summed E-state index contributed by atoms with van der Waals surface area (Å²) in [4.78, 5) is 14.3. The third kappa shape index (κ3) is 4.57. The van der Waals surface area contributed by atoms with Crippen LogP contribution in [0.4, 0.5) is 0 Å². The number of carbonyl (C=O) groups excluding carboxylic acids is 1. The van der Waals surface area contributed by atoms with Gasteiger partial charge < -0.3 is 5.32 Å². The molecule has 0 saturated carbocycles. The Morgan fingerprint density at radius 3 is 2.86 bits per heavy atom. The Labute approximate surface area is 128 Å². The summed E-state index contributed by atoms with van der Waals surface area (Å²) >= 11 is 0. The second-order valence-electron chi connectivity index (χ2n) is 6.67. The smallest absolute Gasteiger partial charge is 0.222 e. The molecule has 0 spiro atoms. The van der Waals surface area contributed by atoms with E-state index in [2.05, 4.69) is 42.3 Å². The van der Waals surface area contributed by atoms with Crippen molar-refractivity contribution in [1.29, 1.82) is 0 Å². The van der Waals surface area contributed by atoms with E-state index in [1.807, 2.05) is 13.8 Å². The Kier molecular flexibility index (Phi) is 5.40. The minimum atomic E-state index is 0.0689. The zero-order chi connectivity index (χ0) is 15.4.